The van der Waals surface area contributed by atoms with Gasteiger partial charge in [0.1, 0.15) is 18.2 Å². The highest BCUT2D eigenvalue weighted by Crippen LogP contribution is 2.12. The minimum atomic E-state index is -1.82. The molecule has 8 heteroatoms. The predicted octanol–water partition coefficient (Wildman–Crippen LogP) is 1.47. The molecule has 0 aromatic heterocycles. The van der Waals surface area contributed by atoms with Crippen molar-refractivity contribution in [3.8, 4) is 5.75 Å². The van der Waals surface area contributed by atoms with Gasteiger partial charge in [-0.25, -0.2) is 14.0 Å². The van der Waals surface area contributed by atoms with Crippen molar-refractivity contribution in [1.29, 1.82) is 0 Å². The van der Waals surface area contributed by atoms with E-state index in [0.717, 1.165) is 19.6 Å². The molecule has 1 heterocycles. The lowest BCUT2D eigenvalue weighted by molar-refractivity contribution is -0.159. The first kappa shape index (κ1) is 19.9. The van der Waals surface area contributed by atoms with E-state index in [1.807, 2.05) is 0 Å². The van der Waals surface area contributed by atoms with Crippen LogP contribution in [0.4, 0.5) is 4.39 Å². The molecular weight excluding hydrogens is 321 g/mol. The van der Waals surface area contributed by atoms with Crippen molar-refractivity contribution < 1.29 is 33.7 Å². The largest absolute Gasteiger partial charge is 0.492 e. The van der Waals surface area contributed by atoms with Crippen LogP contribution in [0.2, 0.25) is 0 Å². The SMILES string of the molecule is CC1CN(CCOc2ccc(F)cc2)CC(C)O1.O=C(O)C(=O)O. The number of carboxylic acid groups (broad SMARTS) is 2. The third-order valence-corrected chi connectivity index (χ3v) is 3.17. The number of benzene rings is 1. The molecule has 2 unspecified atom stereocenters. The Morgan fingerprint density at radius 2 is 1.67 bits per heavy atom. The van der Waals surface area contributed by atoms with Gasteiger partial charge in [-0.05, 0) is 38.1 Å². The smallest absolute Gasteiger partial charge is 0.414 e. The van der Waals surface area contributed by atoms with Gasteiger partial charge in [-0.3, -0.25) is 4.90 Å². The van der Waals surface area contributed by atoms with Gasteiger partial charge >= 0.3 is 11.9 Å². The lowest BCUT2D eigenvalue weighted by atomic mass is 10.2. The fourth-order valence-electron chi connectivity index (χ4n) is 2.29. The Labute approximate surface area is 139 Å². The van der Waals surface area contributed by atoms with Crippen molar-refractivity contribution >= 4 is 11.9 Å². The second-order valence-corrected chi connectivity index (χ2v) is 5.43. The van der Waals surface area contributed by atoms with Crippen molar-refractivity contribution in [3.63, 3.8) is 0 Å². The lowest BCUT2D eigenvalue weighted by Gasteiger charge is -2.35. The molecule has 0 amide bonds. The molecule has 0 aliphatic carbocycles. The van der Waals surface area contributed by atoms with E-state index in [2.05, 4.69) is 18.7 Å². The number of rotatable bonds is 4. The predicted molar refractivity (Wildman–Crippen MR) is 83.6 cm³/mol. The van der Waals surface area contributed by atoms with Crippen LogP contribution in [0.25, 0.3) is 0 Å². The average Bonchev–Trinajstić information content (AvgIpc) is 2.49. The van der Waals surface area contributed by atoms with Gasteiger partial charge in [-0.1, -0.05) is 0 Å². The van der Waals surface area contributed by atoms with Crippen LogP contribution in [0.15, 0.2) is 24.3 Å². The first-order valence-electron chi connectivity index (χ1n) is 7.50. The van der Waals surface area contributed by atoms with Crippen molar-refractivity contribution in [3.05, 3.63) is 30.1 Å². The summed E-state index contributed by atoms with van der Waals surface area (Å²) in [5, 5.41) is 14.8. The maximum Gasteiger partial charge on any atom is 0.414 e. The first-order valence-corrected chi connectivity index (χ1v) is 7.50. The van der Waals surface area contributed by atoms with Crippen molar-refractivity contribution in [2.45, 2.75) is 26.1 Å². The zero-order chi connectivity index (χ0) is 18.1. The van der Waals surface area contributed by atoms with Crippen LogP contribution in [0.5, 0.6) is 5.75 Å². The zero-order valence-corrected chi connectivity index (χ0v) is 13.6. The number of carboxylic acids is 2. The Balaban J connectivity index is 0.000000413. The molecule has 134 valence electrons. The third kappa shape index (κ3) is 7.89. The molecule has 1 saturated heterocycles. The van der Waals surface area contributed by atoms with E-state index in [1.54, 1.807) is 12.1 Å². The zero-order valence-electron chi connectivity index (χ0n) is 13.6. The van der Waals surface area contributed by atoms with Crippen molar-refractivity contribution in [2.75, 3.05) is 26.2 Å². The molecule has 1 aliphatic heterocycles. The van der Waals surface area contributed by atoms with Gasteiger partial charge in [0.2, 0.25) is 0 Å². The molecule has 1 fully saturated rings. The van der Waals surface area contributed by atoms with E-state index in [-0.39, 0.29) is 18.0 Å². The molecule has 2 rings (SSSR count). The van der Waals surface area contributed by atoms with E-state index in [9.17, 15) is 4.39 Å². The molecule has 0 saturated carbocycles. The Hall–Kier alpha value is -2.19. The molecular formula is C16H22FNO6. The summed E-state index contributed by atoms with van der Waals surface area (Å²) in [5.74, 6) is -3.17. The summed E-state index contributed by atoms with van der Waals surface area (Å²) in [5.41, 5.74) is 0. The van der Waals surface area contributed by atoms with Gasteiger partial charge in [0.15, 0.2) is 0 Å². The number of aliphatic carboxylic acids is 2. The van der Waals surface area contributed by atoms with E-state index in [0.29, 0.717) is 12.4 Å². The summed E-state index contributed by atoms with van der Waals surface area (Å²) in [6.07, 6.45) is 0.555. The van der Waals surface area contributed by atoms with Crippen LogP contribution in [0, 0.1) is 5.82 Å². The van der Waals surface area contributed by atoms with E-state index >= 15 is 0 Å². The van der Waals surface area contributed by atoms with Crippen LogP contribution < -0.4 is 4.74 Å². The minimum absolute atomic E-state index is 0.238. The minimum Gasteiger partial charge on any atom is -0.492 e. The number of halogens is 1. The Kier molecular flexibility index (Phi) is 8.14. The van der Waals surface area contributed by atoms with Crippen LogP contribution in [0.1, 0.15) is 13.8 Å². The highest BCUT2D eigenvalue weighted by Gasteiger charge is 2.21. The topological polar surface area (TPSA) is 96.3 Å². The van der Waals surface area contributed by atoms with Crippen molar-refractivity contribution in [1.82, 2.24) is 4.90 Å². The Bertz CT molecular complexity index is 514. The summed E-state index contributed by atoms with van der Waals surface area (Å²) in [4.78, 5) is 20.5. The molecule has 0 bridgehead atoms. The molecule has 1 aromatic carbocycles. The maximum absolute atomic E-state index is 12.7. The van der Waals surface area contributed by atoms with Gasteiger partial charge in [-0.15, -0.1) is 0 Å². The molecule has 7 nitrogen and oxygen atoms in total. The summed E-state index contributed by atoms with van der Waals surface area (Å²) < 4.78 is 24.0. The third-order valence-electron chi connectivity index (χ3n) is 3.17. The van der Waals surface area contributed by atoms with E-state index in [4.69, 9.17) is 29.3 Å². The van der Waals surface area contributed by atoms with Crippen LogP contribution in [0.3, 0.4) is 0 Å². The average molecular weight is 343 g/mol. The van der Waals surface area contributed by atoms with Crippen LogP contribution >= 0.6 is 0 Å². The van der Waals surface area contributed by atoms with Gasteiger partial charge in [-0.2, -0.15) is 0 Å². The van der Waals surface area contributed by atoms with Crippen LogP contribution in [-0.4, -0.2) is 65.5 Å². The second kappa shape index (κ2) is 9.84. The van der Waals surface area contributed by atoms with Gasteiger partial charge in [0.05, 0.1) is 12.2 Å². The highest BCUT2D eigenvalue weighted by molar-refractivity contribution is 6.27. The Morgan fingerprint density at radius 3 is 2.12 bits per heavy atom. The monoisotopic (exact) mass is 343 g/mol. The Morgan fingerprint density at radius 1 is 1.17 bits per heavy atom. The summed E-state index contributed by atoms with van der Waals surface area (Å²) in [6, 6.07) is 6.13. The van der Waals surface area contributed by atoms with E-state index in [1.165, 1.54) is 12.1 Å². The second-order valence-electron chi connectivity index (χ2n) is 5.43. The number of hydrogen-bond acceptors (Lipinski definition) is 5. The summed E-state index contributed by atoms with van der Waals surface area (Å²) in [6.45, 7) is 7.54. The standard InChI is InChI=1S/C14H20FNO2.C2H2O4/c1-11-9-16(10-12(2)18-11)7-8-17-14-5-3-13(15)4-6-14;3-1(4)2(5)6/h3-6,11-12H,7-10H2,1-2H3;(H,3,4)(H,5,6). The van der Waals surface area contributed by atoms with Crippen LogP contribution in [-0.2, 0) is 14.3 Å². The van der Waals surface area contributed by atoms with Gasteiger partial charge < -0.3 is 19.7 Å². The van der Waals surface area contributed by atoms with Crippen molar-refractivity contribution in [2.24, 2.45) is 0 Å². The molecule has 2 atom stereocenters. The maximum atomic E-state index is 12.7. The molecule has 0 radical (unpaired) electrons. The highest BCUT2D eigenvalue weighted by atomic mass is 19.1. The normalized spacial score (nSPS) is 20.6. The fraction of sp³-hybridized carbons (Fsp3) is 0.500. The lowest BCUT2D eigenvalue weighted by Crippen LogP contribution is -2.46. The number of carbonyl (C=O) groups is 2. The number of hydrogen-bond donors (Lipinski definition) is 2. The fourth-order valence-corrected chi connectivity index (χ4v) is 2.29. The van der Waals surface area contributed by atoms with Gasteiger partial charge in [0, 0.05) is 19.6 Å². The number of morpholine rings is 1. The van der Waals surface area contributed by atoms with E-state index < -0.39 is 11.9 Å². The quantitative estimate of drug-likeness (QED) is 0.799. The molecule has 0 spiro atoms. The summed E-state index contributed by atoms with van der Waals surface area (Å²) in [7, 11) is 0. The molecule has 2 N–H and O–H groups in total. The summed E-state index contributed by atoms with van der Waals surface area (Å²) >= 11 is 0. The molecule has 1 aliphatic rings. The number of nitrogens with zero attached hydrogens (tertiary/aromatic N) is 1. The number of ether oxygens (including phenoxy) is 2. The first-order chi connectivity index (χ1) is 11.3. The van der Waals surface area contributed by atoms with Gasteiger partial charge in [0.25, 0.3) is 0 Å². The molecule has 1 aromatic rings. The molecule has 24 heavy (non-hydrogen) atoms.